The van der Waals surface area contributed by atoms with Crippen LogP contribution in [0.25, 0.3) is 10.9 Å². The SMILES string of the molecule is CCOC(=O)Cn1nnnc1[C@H](CC)N(Cc1ccco1)Cc1cc2c(C)cc(C)cc2[nH]c1=O. The monoisotopic (exact) mass is 478 g/mol. The van der Waals surface area contributed by atoms with Crippen LogP contribution in [-0.4, -0.2) is 42.7 Å². The van der Waals surface area contributed by atoms with Gasteiger partial charge in [-0.2, -0.15) is 0 Å². The number of hydrogen-bond acceptors (Lipinski definition) is 8. The number of carbonyl (C=O) groups excluding carboxylic acids is 1. The molecule has 10 heteroatoms. The number of tetrazole rings is 1. The number of hydrogen-bond donors (Lipinski definition) is 1. The number of ether oxygens (including phenoxy) is 1. The van der Waals surface area contributed by atoms with Crippen molar-refractivity contribution in [3.05, 3.63) is 75.2 Å². The Morgan fingerprint density at radius 3 is 2.77 bits per heavy atom. The third-order valence-corrected chi connectivity index (χ3v) is 5.97. The van der Waals surface area contributed by atoms with E-state index in [1.165, 1.54) is 4.68 Å². The van der Waals surface area contributed by atoms with Crippen molar-refractivity contribution in [3.8, 4) is 0 Å². The van der Waals surface area contributed by atoms with Crippen LogP contribution in [0, 0.1) is 13.8 Å². The smallest absolute Gasteiger partial charge is 0.327 e. The highest BCUT2D eigenvalue weighted by Crippen LogP contribution is 2.27. The Bertz CT molecular complexity index is 1360. The van der Waals surface area contributed by atoms with Gasteiger partial charge in [0.25, 0.3) is 5.56 Å². The number of aryl methyl sites for hydroxylation is 2. The number of esters is 1. The van der Waals surface area contributed by atoms with Crippen LogP contribution < -0.4 is 5.56 Å². The van der Waals surface area contributed by atoms with E-state index in [9.17, 15) is 9.59 Å². The summed E-state index contributed by atoms with van der Waals surface area (Å²) in [4.78, 5) is 30.3. The highest BCUT2D eigenvalue weighted by Gasteiger charge is 2.27. The number of H-pyrrole nitrogens is 1. The van der Waals surface area contributed by atoms with Crippen LogP contribution in [0.5, 0.6) is 0 Å². The van der Waals surface area contributed by atoms with E-state index in [-0.39, 0.29) is 24.8 Å². The standard InChI is InChI=1S/C25H30N6O4/c1-5-22(24-27-28-29-31(24)15-23(32)34-6-2)30(14-19-8-7-9-35-19)13-18-12-20-17(4)10-16(3)11-21(20)26-25(18)33/h7-12,22H,5-6,13-15H2,1-4H3,(H,26,33)/t22-/m0/s1. The van der Waals surface area contributed by atoms with Gasteiger partial charge in [0.1, 0.15) is 12.3 Å². The molecule has 0 aliphatic carbocycles. The van der Waals surface area contributed by atoms with Crippen molar-refractivity contribution in [1.29, 1.82) is 0 Å². The molecule has 0 radical (unpaired) electrons. The van der Waals surface area contributed by atoms with Gasteiger partial charge in [-0.1, -0.05) is 13.0 Å². The third kappa shape index (κ3) is 5.48. The molecule has 0 unspecified atom stereocenters. The van der Waals surface area contributed by atoms with Crippen molar-refractivity contribution in [2.75, 3.05) is 6.61 Å². The fraction of sp³-hybridized carbons (Fsp3) is 0.400. The summed E-state index contributed by atoms with van der Waals surface area (Å²) in [6.07, 6.45) is 2.27. The van der Waals surface area contributed by atoms with Gasteiger partial charge >= 0.3 is 5.97 Å². The fourth-order valence-electron chi connectivity index (χ4n) is 4.43. The van der Waals surface area contributed by atoms with Crippen molar-refractivity contribution < 1.29 is 13.9 Å². The summed E-state index contributed by atoms with van der Waals surface area (Å²) in [6, 6.07) is 9.47. The Labute approximate surface area is 202 Å². The average molecular weight is 479 g/mol. The zero-order valence-electron chi connectivity index (χ0n) is 20.4. The minimum Gasteiger partial charge on any atom is -0.468 e. The lowest BCUT2D eigenvalue weighted by Crippen LogP contribution is -2.33. The minimum absolute atomic E-state index is 0.0869. The highest BCUT2D eigenvalue weighted by molar-refractivity contribution is 5.83. The van der Waals surface area contributed by atoms with Crippen LogP contribution in [-0.2, 0) is 29.2 Å². The molecule has 0 saturated carbocycles. The van der Waals surface area contributed by atoms with E-state index in [2.05, 4.69) is 31.5 Å². The van der Waals surface area contributed by atoms with Gasteiger partial charge in [-0.3, -0.25) is 14.5 Å². The number of rotatable bonds is 10. The van der Waals surface area contributed by atoms with E-state index >= 15 is 0 Å². The van der Waals surface area contributed by atoms with Crippen LogP contribution >= 0.6 is 0 Å². The molecule has 1 aromatic carbocycles. The zero-order chi connectivity index (χ0) is 24.9. The van der Waals surface area contributed by atoms with E-state index in [1.54, 1.807) is 13.2 Å². The molecule has 4 rings (SSSR count). The third-order valence-electron chi connectivity index (χ3n) is 5.97. The Morgan fingerprint density at radius 1 is 1.23 bits per heavy atom. The second-order valence-corrected chi connectivity index (χ2v) is 8.57. The number of pyridine rings is 1. The maximum absolute atomic E-state index is 13.1. The van der Waals surface area contributed by atoms with Crippen molar-refractivity contribution in [3.63, 3.8) is 0 Å². The maximum atomic E-state index is 13.1. The first-order chi connectivity index (χ1) is 16.9. The molecule has 1 N–H and O–H groups in total. The van der Waals surface area contributed by atoms with E-state index < -0.39 is 5.97 Å². The average Bonchev–Trinajstić information content (AvgIpc) is 3.48. The van der Waals surface area contributed by atoms with Crippen LogP contribution in [0.15, 0.2) is 45.8 Å². The summed E-state index contributed by atoms with van der Waals surface area (Å²) < 4.78 is 12.1. The van der Waals surface area contributed by atoms with E-state index in [4.69, 9.17) is 9.15 Å². The molecular weight excluding hydrogens is 448 g/mol. The number of furan rings is 1. The summed E-state index contributed by atoms with van der Waals surface area (Å²) in [6.45, 7) is 8.78. The first-order valence-corrected chi connectivity index (χ1v) is 11.7. The number of aromatic nitrogens is 5. The van der Waals surface area contributed by atoms with Crippen LogP contribution in [0.2, 0.25) is 0 Å². The Balaban J connectivity index is 1.71. The Hall–Kier alpha value is -3.79. The van der Waals surface area contributed by atoms with Gasteiger partial charge < -0.3 is 14.1 Å². The molecule has 0 saturated heterocycles. The second kappa shape index (κ2) is 10.6. The molecular formula is C25H30N6O4. The van der Waals surface area contributed by atoms with Gasteiger partial charge in [0.2, 0.25) is 0 Å². The van der Waals surface area contributed by atoms with E-state index in [0.29, 0.717) is 30.9 Å². The Morgan fingerprint density at radius 2 is 2.06 bits per heavy atom. The molecule has 3 aromatic heterocycles. The van der Waals surface area contributed by atoms with Gasteiger partial charge in [0.05, 0.1) is 25.5 Å². The second-order valence-electron chi connectivity index (χ2n) is 8.57. The summed E-state index contributed by atoms with van der Waals surface area (Å²) in [5.74, 6) is 0.859. The van der Waals surface area contributed by atoms with Gasteiger partial charge in [-0.05, 0) is 73.0 Å². The predicted molar refractivity (Wildman–Crippen MR) is 129 cm³/mol. The van der Waals surface area contributed by atoms with Gasteiger partial charge in [0, 0.05) is 23.0 Å². The van der Waals surface area contributed by atoms with Crippen LogP contribution in [0.4, 0.5) is 0 Å². The number of carbonyl (C=O) groups is 1. The van der Waals surface area contributed by atoms with Crippen molar-refractivity contribution in [1.82, 2.24) is 30.1 Å². The van der Waals surface area contributed by atoms with E-state index in [0.717, 1.165) is 27.8 Å². The van der Waals surface area contributed by atoms with Gasteiger partial charge in [-0.25, -0.2) is 4.68 Å². The first-order valence-electron chi connectivity index (χ1n) is 11.7. The number of fused-ring (bicyclic) bond motifs is 1. The molecule has 184 valence electrons. The van der Waals surface area contributed by atoms with Crippen LogP contribution in [0.3, 0.4) is 0 Å². The molecule has 0 aliphatic rings. The molecule has 0 fully saturated rings. The van der Waals surface area contributed by atoms with Crippen molar-refractivity contribution in [2.45, 2.75) is 59.8 Å². The predicted octanol–water partition coefficient (Wildman–Crippen LogP) is 3.44. The number of benzene rings is 1. The maximum Gasteiger partial charge on any atom is 0.327 e. The molecule has 35 heavy (non-hydrogen) atoms. The highest BCUT2D eigenvalue weighted by atomic mass is 16.5. The molecule has 10 nitrogen and oxygen atoms in total. The van der Waals surface area contributed by atoms with Crippen molar-refractivity contribution >= 4 is 16.9 Å². The molecule has 4 aromatic rings. The molecule has 0 amide bonds. The van der Waals surface area contributed by atoms with Gasteiger partial charge in [0.15, 0.2) is 5.82 Å². The lowest BCUT2D eigenvalue weighted by Gasteiger charge is -2.29. The summed E-state index contributed by atoms with van der Waals surface area (Å²) >= 11 is 0. The molecule has 1 atom stereocenters. The number of aromatic amines is 1. The zero-order valence-corrected chi connectivity index (χ0v) is 20.4. The molecule has 0 bridgehead atoms. The summed E-state index contributed by atoms with van der Waals surface area (Å²) in [5, 5.41) is 13.0. The van der Waals surface area contributed by atoms with Crippen molar-refractivity contribution in [2.24, 2.45) is 0 Å². The first kappa shape index (κ1) is 24.3. The lowest BCUT2D eigenvalue weighted by atomic mass is 10.0. The quantitative estimate of drug-likeness (QED) is 0.344. The summed E-state index contributed by atoms with van der Waals surface area (Å²) in [7, 11) is 0. The Kier molecular flexibility index (Phi) is 7.40. The van der Waals surface area contributed by atoms with Crippen LogP contribution in [0.1, 0.15) is 54.6 Å². The summed E-state index contributed by atoms with van der Waals surface area (Å²) in [5.41, 5.74) is 3.49. The number of nitrogens with zero attached hydrogens (tertiary/aromatic N) is 5. The molecule has 3 heterocycles. The molecule has 0 aliphatic heterocycles. The normalized spacial score (nSPS) is 12.4. The fourth-order valence-corrected chi connectivity index (χ4v) is 4.43. The van der Waals surface area contributed by atoms with E-state index in [1.807, 2.05) is 45.0 Å². The largest absolute Gasteiger partial charge is 0.468 e. The number of nitrogens with one attached hydrogen (secondary N) is 1. The topological polar surface area (TPSA) is 119 Å². The van der Waals surface area contributed by atoms with Gasteiger partial charge in [-0.15, -0.1) is 5.10 Å². The minimum atomic E-state index is -0.412. The molecule has 0 spiro atoms. The lowest BCUT2D eigenvalue weighted by molar-refractivity contribution is -0.144.